The molecule has 1 aromatic carbocycles. The summed E-state index contributed by atoms with van der Waals surface area (Å²) in [5.41, 5.74) is 1.78. The zero-order valence-corrected chi connectivity index (χ0v) is 16.0. The third-order valence-electron chi connectivity index (χ3n) is 3.75. The maximum atomic E-state index is 12.5. The van der Waals surface area contributed by atoms with Gasteiger partial charge in [-0.15, -0.1) is 23.1 Å². The standard InChI is InChI=1S/C18H20N4O2S2/c1-19-7-8-20-15(23)11-25-10-14-21-17(24)16-13(9-26-18(16)22-14)12-5-3-2-4-6-12/h2-6,9,19H,7-8,10-11H2,1H3,(H,20,23)(H,21,22,24). The first-order chi connectivity index (χ1) is 12.7. The fraction of sp³-hybridized carbons (Fsp3) is 0.278. The summed E-state index contributed by atoms with van der Waals surface area (Å²) in [4.78, 5) is 32.4. The van der Waals surface area contributed by atoms with Crippen LogP contribution in [0.15, 0.2) is 40.5 Å². The SMILES string of the molecule is CNCCNC(=O)CSCc1nc2scc(-c3ccccc3)c2c(=O)[nH]1. The number of rotatable bonds is 8. The summed E-state index contributed by atoms with van der Waals surface area (Å²) in [6.45, 7) is 1.35. The quantitative estimate of drug-likeness (QED) is 0.515. The zero-order chi connectivity index (χ0) is 18.4. The summed E-state index contributed by atoms with van der Waals surface area (Å²) < 4.78 is 0. The highest BCUT2D eigenvalue weighted by Gasteiger charge is 2.13. The Morgan fingerprint density at radius 1 is 1.27 bits per heavy atom. The molecule has 2 heterocycles. The highest BCUT2D eigenvalue weighted by molar-refractivity contribution is 7.99. The summed E-state index contributed by atoms with van der Waals surface area (Å²) in [5.74, 6) is 1.40. The van der Waals surface area contributed by atoms with E-state index >= 15 is 0 Å². The largest absolute Gasteiger partial charge is 0.354 e. The molecule has 0 atom stereocenters. The average molecular weight is 389 g/mol. The Bertz CT molecular complexity index is 937. The number of hydrogen-bond acceptors (Lipinski definition) is 6. The van der Waals surface area contributed by atoms with Crippen LogP contribution in [0.25, 0.3) is 21.3 Å². The molecule has 6 nitrogen and oxygen atoms in total. The number of thiophene rings is 1. The van der Waals surface area contributed by atoms with Gasteiger partial charge < -0.3 is 15.6 Å². The summed E-state index contributed by atoms with van der Waals surface area (Å²) >= 11 is 2.90. The van der Waals surface area contributed by atoms with Gasteiger partial charge in [-0.05, 0) is 12.6 Å². The molecular weight excluding hydrogens is 368 g/mol. The highest BCUT2D eigenvalue weighted by Crippen LogP contribution is 2.30. The van der Waals surface area contributed by atoms with Crippen LogP contribution in [0.5, 0.6) is 0 Å². The number of carbonyl (C=O) groups is 1. The minimum atomic E-state index is -0.135. The van der Waals surface area contributed by atoms with Crippen LogP contribution in [0, 0.1) is 0 Å². The first kappa shape index (κ1) is 18.6. The molecule has 0 spiro atoms. The molecular formula is C18H20N4O2S2. The number of likely N-dealkylation sites (N-methyl/N-ethyl adjacent to an activating group) is 1. The van der Waals surface area contributed by atoms with E-state index in [1.807, 2.05) is 42.8 Å². The lowest BCUT2D eigenvalue weighted by molar-refractivity contribution is -0.118. The fourth-order valence-corrected chi connectivity index (χ4v) is 4.20. The van der Waals surface area contributed by atoms with Gasteiger partial charge in [0.1, 0.15) is 10.7 Å². The van der Waals surface area contributed by atoms with Gasteiger partial charge in [-0.25, -0.2) is 4.98 Å². The molecule has 136 valence electrons. The number of H-pyrrole nitrogens is 1. The second kappa shape index (κ2) is 8.98. The Kier molecular flexibility index (Phi) is 6.43. The lowest BCUT2D eigenvalue weighted by atomic mass is 10.1. The molecule has 0 saturated heterocycles. The summed E-state index contributed by atoms with van der Waals surface area (Å²) in [6.07, 6.45) is 0. The van der Waals surface area contributed by atoms with E-state index in [0.29, 0.717) is 29.3 Å². The van der Waals surface area contributed by atoms with Crippen LogP contribution in [-0.4, -0.2) is 41.8 Å². The van der Waals surface area contributed by atoms with E-state index in [1.165, 1.54) is 23.1 Å². The predicted octanol–water partition coefficient (Wildman–Crippen LogP) is 2.22. The van der Waals surface area contributed by atoms with Crippen molar-refractivity contribution in [2.24, 2.45) is 0 Å². The van der Waals surface area contributed by atoms with Gasteiger partial charge in [0.15, 0.2) is 0 Å². The van der Waals surface area contributed by atoms with Crippen molar-refractivity contribution in [3.05, 3.63) is 51.9 Å². The number of aromatic nitrogens is 2. The van der Waals surface area contributed by atoms with Gasteiger partial charge in [0.05, 0.1) is 16.9 Å². The van der Waals surface area contributed by atoms with Crippen molar-refractivity contribution in [2.75, 3.05) is 25.9 Å². The van der Waals surface area contributed by atoms with Gasteiger partial charge in [-0.2, -0.15) is 0 Å². The predicted molar refractivity (Wildman–Crippen MR) is 109 cm³/mol. The van der Waals surface area contributed by atoms with Crippen molar-refractivity contribution >= 4 is 39.2 Å². The van der Waals surface area contributed by atoms with Crippen LogP contribution in [0.2, 0.25) is 0 Å². The molecule has 0 aliphatic carbocycles. The fourth-order valence-electron chi connectivity index (χ4n) is 2.51. The van der Waals surface area contributed by atoms with Crippen LogP contribution in [-0.2, 0) is 10.5 Å². The third-order valence-corrected chi connectivity index (χ3v) is 5.56. The number of fused-ring (bicyclic) bond motifs is 1. The molecule has 0 radical (unpaired) electrons. The van der Waals surface area contributed by atoms with E-state index in [-0.39, 0.29) is 11.5 Å². The number of thioether (sulfide) groups is 1. The number of hydrogen-bond donors (Lipinski definition) is 3. The number of amides is 1. The molecule has 0 bridgehead atoms. The van der Waals surface area contributed by atoms with Crippen molar-refractivity contribution in [1.29, 1.82) is 0 Å². The molecule has 3 aromatic rings. The Morgan fingerprint density at radius 2 is 2.08 bits per heavy atom. The van der Waals surface area contributed by atoms with E-state index in [1.54, 1.807) is 0 Å². The summed E-state index contributed by atoms with van der Waals surface area (Å²) in [5, 5.41) is 8.38. The number of carbonyl (C=O) groups excluding carboxylic acids is 1. The summed E-state index contributed by atoms with van der Waals surface area (Å²) in [7, 11) is 1.84. The van der Waals surface area contributed by atoms with Gasteiger partial charge >= 0.3 is 0 Å². The van der Waals surface area contributed by atoms with E-state index < -0.39 is 0 Å². The Balaban J connectivity index is 1.68. The third kappa shape index (κ3) is 4.51. The monoisotopic (exact) mass is 388 g/mol. The smallest absolute Gasteiger partial charge is 0.260 e. The molecule has 0 unspecified atom stereocenters. The second-order valence-corrected chi connectivity index (χ2v) is 7.50. The van der Waals surface area contributed by atoms with Gasteiger partial charge in [-0.1, -0.05) is 30.3 Å². The topological polar surface area (TPSA) is 86.9 Å². The molecule has 0 aliphatic heterocycles. The lowest BCUT2D eigenvalue weighted by Gasteiger charge is -2.05. The van der Waals surface area contributed by atoms with Crippen LogP contribution in [0.4, 0.5) is 0 Å². The number of benzene rings is 1. The van der Waals surface area contributed by atoms with E-state index in [4.69, 9.17) is 0 Å². The maximum absolute atomic E-state index is 12.5. The minimum absolute atomic E-state index is 0.0174. The lowest BCUT2D eigenvalue weighted by Crippen LogP contribution is -2.31. The number of aromatic amines is 1. The van der Waals surface area contributed by atoms with Crippen molar-refractivity contribution in [1.82, 2.24) is 20.6 Å². The molecule has 0 saturated carbocycles. The molecule has 3 rings (SSSR count). The minimum Gasteiger partial charge on any atom is -0.354 e. The molecule has 2 aromatic heterocycles. The van der Waals surface area contributed by atoms with Gasteiger partial charge in [0.25, 0.3) is 5.56 Å². The van der Waals surface area contributed by atoms with Crippen molar-refractivity contribution < 1.29 is 4.79 Å². The maximum Gasteiger partial charge on any atom is 0.260 e. The van der Waals surface area contributed by atoms with Crippen molar-refractivity contribution in [3.63, 3.8) is 0 Å². The van der Waals surface area contributed by atoms with Crippen LogP contribution < -0.4 is 16.2 Å². The van der Waals surface area contributed by atoms with Crippen LogP contribution >= 0.6 is 23.1 Å². The first-order valence-corrected chi connectivity index (χ1v) is 10.3. The van der Waals surface area contributed by atoms with Crippen LogP contribution in [0.3, 0.4) is 0 Å². The molecule has 8 heteroatoms. The molecule has 0 aliphatic rings. The van der Waals surface area contributed by atoms with Gasteiger partial charge in [0, 0.05) is 24.0 Å². The van der Waals surface area contributed by atoms with E-state index in [2.05, 4.69) is 20.6 Å². The highest BCUT2D eigenvalue weighted by atomic mass is 32.2. The molecule has 3 N–H and O–H groups in total. The second-order valence-electron chi connectivity index (χ2n) is 5.65. The first-order valence-electron chi connectivity index (χ1n) is 8.24. The molecule has 26 heavy (non-hydrogen) atoms. The Morgan fingerprint density at radius 3 is 2.85 bits per heavy atom. The zero-order valence-electron chi connectivity index (χ0n) is 14.4. The molecule has 0 fully saturated rings. The normalized spacial score (nSPS) is 11.0. The molecule has 1 amide bonds. The summed E-state index contributed by atoms with van der Waals surface area (Å²) in [6, 6.07) is 9.82. The Labute approximate surface area is 159 Å². The van der Waals surface area contributed by atoms with Crippen LogP contribution in [0.1, 0.15) is 5.82 Å². The number of nitrogens with zero attached hydrogens (tertiary/aromatic N) is 1. The van der Waals surface area contributed by atoms with Crippen molar-refractivity contribution in [3.8, 4) is 11.1 Å². The Hall–Kier alpha value is -2.16. The van der Waals surface area contributed by atoms with Gasteiger partial charge in [-0.3, -0.25) is 9.59 Å². The van der Waals surface area contributed by atoms with E-state index in [9.17, 15) is 9.59 Å². The number of nitrogens with one attached hydrogen (secondary N) is 3. The average Bonchev–Trinajstić information content (AvgIpc) is 3.07. The van der Waals surface area contributed by atoms with Crippen molar-refractivity contribution in [2.45, 2.75) is 5.75 Å². The van der Waals surface area contributed by atoms with Gasteiger partial charge in [0.2, 0.25) is 5.91 Å². The van der Waals surface area contributed by atoms with E-state index in [0.717, 1.165) is 22.5 Å².